The molecule has 0 saturated carbocycles. The number of nitrogens with two attached hydrogens (primary N) is 1. The molecule has 23 heavy (non-hydrogen) atoms. The smallest absolute Gasteiger partial charge is 0.217 e. The molecule has 0 aromatic heterocycles. The van der Waals surface area contributed by atoms with Crippen molar-refractivity contribution in [1.82, 2.24) is 0 Å². The molecule has 0 radical (unpaired) electrons. The van der Waals surface area contributed by atoms with E-state index in [-0.39, 0.29) is 5.91 Å². The minimum atomic E-state index is -0.944. The Morgan fingerprint density at radius 3 is 2.04 bits per heavy atom. The summed E-state index contributed by atoms with van der Waals surface area (Å²) in [5.41, 5.74) is 6.14. The zero-order valence-electron chi connectivity index (χ0n) is 13.8. The van der Waals surface area contributed by atoms with Crippen molar-refractivity contribution in [3.05, 3.63) is 35.9 Å². The Bertz CT molecular complexity index is 459. The molecule has 4 heteroatoms. The molecule has 0 bridgehead atoms. The summed E-state index contributed by atoms with van der Waals surface area (Å²) >= 11 is 0. The van der Waals surface area contributed by atoms with E-state index in [0.29, 0.717) is 19.3 Å². The second-order valence-electron chi connectivity index (χ2n) is 6.19. The number of carboxylic acids is 1. The van der Waals surface area contributed by atoms with Gasteiger partial charge in [0, 0.05) is 18.3 Å². The molecular weight excluding hydrogens is 290 g/mol. The van der Waals surface area contributed by atoms with Gasteiger partial charge in [0.1, 0.15) is 0 Å². The lowest BCUT2D eigenvalue weighted by Gasteiger charge is -2.18. The molecule has 2 N–H and O–H groups in total. The summed E-state index contributed by atoms with van der Waals surface area (Å²) in [6.07, 6.45) is 8.96. The maximum absolute atomic E-state index is 11.2. The number of aliphatic carboxylic acids is 1. The number of carbonyl (C=O) groups is 2. The first kappa shape index (κ1) is 19.2. The highest BCUT2D eigenvalue weighted by Gasteiger charge is 2.10. The van der Waals surface area contributed by atoms with E-state index in [9.17, 15) is 14.7 Å². The molecule has 0 aliphatic rings. The van der Waals surface area contributed by atoms with Crippen molar-refractivity contribution in [2.24, 2.45) is 11.7 Å². The summed E-state index contributed by atoms with van der Waals surface area (Å²) in [7, 11) is 0. The van der Waals surface area contributed by atoms with Gasteiger partial charge in [-0.05, 0) is 24.8 Å². The van der Waals surface area contributed by atoms with Crippen LogP contribution in [-0.2, 0) is 16.0 Å². The van der Waals surface area contributed by atoms with Gasteiger partial charge in [-0.1, -0.05) is 68.9 Å². The molecule has 1 rings (SSSR count). The molecule has 1 aromatic rings. The first-order valence-electron chi connectivity index (χ1n) is 8.62. The van der Waals surface area contributed by atoms with Crippen molar-refractivity contribution in [1.29, 1.82) is 0 Å². The van der Waals surface area contributed by atoms with Crippen LogP contribution in [0.25, 0.3) is 0 Å². The van der Waals surface area contributed by atoms with Gasteiger partial charge in [0.25, 0.3) is 0 Å². The number of hydrogen-bond acceptors (Lipinski definition) is 3. The van der Waals surface area contributed by atoms with E-state index in [2.05, 4.69) is 0 Å². The fourth-order valence-corrected chi connectivity index (χ4v) is 2.78. The third kappa shape index (κ3) is 9.72. The lowest BCUT2D eigenvalue weighted by atomic mass is 9.93. The first-order chi connectivity index (χ1) is 11.1. The zero-order valence-corrected chi connectivity index (χ0v) is 13.8. The highest BCUT2D eigenvalue weighted by Crippen LogP contribution is 2.17. The van der Waals surface area contributed by atoms with Gasteiger partial charge in [-0.25, -0.2) is 0 Å². The normalized spacial score (nSPS) is 12.0. The summed E-state index contributed by atoms with van der Waals surface area (Å²) in [4.78, 5) is 21.8. The van der Waals surface area contributed by atoms with E-state index in [4.69, 9.17) is 5.73 Å². The van der Waals surface area contributed by atoms with Crippen LogP contribution in [0.15, 0.2) is 30.3 Å². The minimum Gasteiger partial charge on any atom is -0.550 e. The number of rotatable bonds is 13. The standard InChI is InChI=1S/C19H29NO3/c20-18(21)14-10-5-3-1-2-4-9-13-17(19(22)23)15-16-11-7-6-8-12-16/h6-8,11-12,17H,1-5,9-10,13-15H2,(H2,20,21)(H,22,23)/p-1/t17-/m0/s1. The van der Waals surface area contributed by atoms with Gasteiger partial charge in [-0.3, -0.25) is 4.79 Å². The third-order valence-corrected chi connectivity index (χ3v) is 4.13. The van der Waals surface area contributed by atoms with Crippen LogP contribution in [0.2, 0.25) is 0 Å². The molecule has 0 unspecified atom stereocenters. The number of amides is 1. The van der Waals surface area contributed by atoms with Crippen molar-refractivity contribution in [2.75, 3.05) is 0 Å². The molecule has 128 valence electrons. The fraction of sp³-hybridized carbons (Fsp3) is 0.579. The number of carboxylic acid groups (broad SMARTS) is 1. The van der Waals surface area contributed by atoms with Gasteiger partial charge in [-0.15, -0.1) is 0 Å². The Labute approximate surface area is 139 Å². The van der Waals surface area contributed by atoms with Crippen LogP contribution < -0.4 is 10.8 Å². The molecule has 0 saturated heterocycles. The summed E-state index contributed by atoms with van der Waals surface area (Å²) < 4.78 is 0. The summed E-state index contributed by atoms with van der Waals surface area (Å²) in [5, 5.41) is 11.2. The maximum Gasteiger partial charge on any atom is 0.217 e. The van der Waals surface area contributed by atoms with Crippen molar-refractivity contribution in [3.63, 3.8) is 0 Å². The van der Waals surface area contributed by atoms with Gasteiger partial charge in [0.05, 0.1) is 0 Å². The number of benzene rings is 1. The molecule has 1 atom stereocenters. The molecule has 4 nitrogen and oxygen atoms in total. The summed E-state index contributed by atoms with van der Waals surface area (Å²) in [6, 6.07) is 9.71. The largest absolute Gasteiger partial charge is 0.550 e. The summed E-state index contributed by atoms with van der Waals surface area (Å²) in [6.45, 7) is 0. The van der Waals surface area contributed by atoms with Gasteiger partial charge in [0.2, 0.25) is 5.91 Å². The fourth-order valence-electron chi connectivity index (χ4n) is 2.78. The van der Waals surface area contributed by atoms with E-state index in [0.717, 1.165) is 50.5 Å². The Morgan fingerprint density at radius 1 is 0.913 bits per heavy atom. The quantitative estimate of drug-likeness (QED) is 0.567. The van der Waals surface area contributed by atoms with Crippen molar-refractivity contribution in [2.45, 2.75) is 64.2 Å². The number of carbonyl (C=O) groups excluding carboxylic acids is 2. The van der Waals surface area contributed by atoms with E-state index in [1.165, 1.54) is 0 Å². The van der Waals surface area contributed by atoms with Gasteiger partial charge < -0.3 is 15.6 Å². The SMILES string of the molecule is NC(=O)CCCCCCCCC[C@@H](Cc1ccccc1)C(=O)[O-]. The molecule has 0 aliphatic carbocycles. The van der Waals surface area contributed by atoms with E-state index in [1.54, 1.807) is 0 Å². The van der Waals surface area contributed by atoms with Gasteiger partial charge in [-0.2, -0.15) is 0 Å². The first-order valence-corrected chi connectivity index (χ1v) is 8.62. The van der Waals surface area contributed by atoms with Gasteiger partial charge in [0.15, 0.2) is 0 Å². The Balaban J connectivity index is 2.10. The van der Waals surface area contributed by atoms with Crippen LogP contribution >= 0.6 is 0 Å². The lowest BCUT2D eigenvalue weighted by Crippen LogP contribution is -2.32. The predicted molar refractivity (Wildman–Crippen MR) is 89.4 cm³/mol. The maximum atomic E-state index is 11.2. The Morgan fingerprint density at radius 2 is 1.48 bits per heavy atom. The molecule has 1 amide bonds. The molecule has 0 fully saturated rings. The average Bonchev–Trinajstić information content (AvgIpc) is 2.52. The molecule has 0 aliphatic heterocycles. The highest BCUT2D eigenvalue weighted by atomic mass is 16.4. The van der Waals surface area contributed by atoms with Crippen molar-refractivity contribution < 1.29 is 14.7 Å². The van der Waals surface area contributed by atoms with Crippen LogP contribution in [0, 0.1) is 5.92 Å². The predicted octanol–water partition coefficient (Wildman–Crippen LogP) is 2.59. The van der Waals surface area contributed by atoms with Crippen molar-refractivity contribution in [3.8, 4) is 0 Å². The van der Waals surface area contributed by atoms with Crippen LogP contribution in [0.1, 0.15) is 63.4 Å². The number of hydrogen-bond donors (Lipinski definition) is 1. The van der Waals surface area contributed by atoms with Crippen LogP contribution in [-0.4, -0.2) is 11.9 Å². The van der Waals surface area contributed by atoms with E-state index in [1.807, 2.05) is 30.3 Å². The summed E-state index contributed by atoms with van der Waals surface area (Å²) in [5.74, 6) is -1.56. The number of unbranched alkanes of at least 4 members (excludes halogenated alkanes) is 6. The molecule has 1 aromatic carbocycles. The molecule has 0 spiro atoms. The van der Waals surface area contributed by atoms with Crippen LogP contribution in [0.4, 0.5) is 0 Å². The Kier molecular flexibility index (Phi) is 9.76. The van der Waals surface area contributed by atoms with Gasteiger partial charge >= 0.3 is 0 Å². The highest BCUT2D eigenvalue weighted by molar-refractivity contribution is 5.73. The minimum absolute atomic E-state index is 0.225. The van der Waals surface area contributed by atoms with E-state index >= 15 is 0 Å². The van der Waals surface area contributed by atoms with E-state index < -0.39 is 11.9 Å². The third-order valence-electron chi connectivity index (χ3n) is 4.13. The van der Waals surface area contributed by atoms with Crippen molar-refractivity contribution >= 4 is 11.9 Å². The second-order valence-corrected chi connectivity index (χ2v) is 6.19. The molecule has 0 heterocycles. The lowest BCUT2D eigenvalue weighted by molar-refractivity contribution is -0.311. The molecular formula is C19H28NO3-. The zero-order chi connectivity index (χ0) is 16.9. The topological polar surface area (TPSA) is 83.2 Å². The van der Waals surface area contributed by atoms with Crippen LogP contribution in [0.5, 0.6) is 0 Å². The number of primary amides is 1. The Hall–Kier alpha value is -1.84. The van der Waals surface area contributed by atoms with Crippen LogP contribution in [0.3, 0.4) is 0 Å². The average molecular weight is 318 g/mol. The second kappa shape index (κ2) is 11.7. The monoisotopic (exact) mass is 318 g/mol.